The average molecular weight is 309 g/mol. The summed E-state index contributed by atoms with van der Waals surface area (Å²) in [5, 5.41) is 12.9. The molecule has 2 aromatic rings. The summed E-state index contributed by atoms with van der Waals surface area (Å²) in [6.07, 6.45) is 2.57. The summed E-state index contributed by atoms with van der Waals surface area (Å²) in [5.41, 5.74) is -0.391. The van der Waals surface area contributed by atoms with Crippen LogP contribution in [-0.2, 0) is 13.6 Å². The van der Waals surface area contributed by atoms with E-state index in [1.165, 1.54) is 4.57 Å². The molecule has 0 radical (unpaired) electrons. The van der Waals surface area contributed by atoms with Gasteiger partial charge in [0.2, 0.25) is 5.95 Å². The second-order valence-electron chi connectivity index (χ2n) is 5.52. The molecule has 0 bridgehead atoms. The number of anilines is 1. The fraction of sp³-hybridized carbons (Fsp3) is 0.643. The Bertz CT molecular complexity index is 756. The van der Waals surface area contributed by atoms with Crippen molar-refractivity contribution in [3.8, 4) is 0 Å². The molecular formula is C14H23N5O3. The molecule has 0 saturated heterocycles. The predicted molar refractivity (Wildman–Crippen MR) is 85.3 cm³/mol. The summed E-state index contributed by atoms with van der Waals surface area (Å²) in [6.45, 7) is 4.72. The smallest absolute Gasteiger partial charge is 0.329 e. The number of aliphatic hydroxyl groups excluding tert-OH is 1. The first-order valence-corrected chi connectivity index (χ1v) is 7.57. The summed E-state index contributed by atoms with van der Waals surface area (Å²) >= 11 is 0. The third-order valence-electron chi connectivity index (χ3n) is 3.52. The summed E-state index contributed by atoms with van der Waals surface area (Å²) < 4.78 is 2.93. The lowest BCUT2D eigenvalue weighted by Gasteiger charge is -2.11. The number of imidazole rings is 1. The standard InChI is InChI=1S/C14H23N5O3/c1-4-5-6-7-15-13-16-11-10(19(13)8-9(2)20)12(21)17-14(22)18(11)3/h9,20H,4-8H2,1-3H3,(H,15,16)(H,17,21,22). The van der Waals surface area contributed by atoms with Crippen LogP contribution in [0.1, 0.15) is 33.1 Å². The topological polar surface area (TPSA) is 105 Å². The van der Waals surface area contributed by atoms with Gasteiger partial charge in [-0.3, -0.25) is 14.3 Å². The maximum absolute atomic E-state index is 12.1. The minimum Gasteiger partial charge on any atom is -0.392 e. The van der Waals surface area contributed by atoms with E-state index in [-0.39, 0.29) is 6.54 Å². The van der Waals surface area contributed by atoms with Crippen molar-refractivity contribution >= 4 is 17.1 Å². The lowest BCUT2D eigenvalue weighted by molar-refractivity contribution is 0.175. The highest BCUT2D eigenvalue weighted by atomic mass is 16.3. The zero-order valence-electron chi connectivity index (χ0n) is 13.2. The summed E-state index contributed by atoms with van der Waals surface area (Å²) in [4.78, 5) is 30.4. The van der Waals surface area contributed by atoms with Crippen LogP contribution in [0.3, 0.4) is 0 Å². The van der Waals surface area contributed by atoms with Crippen molar-refractivity contribution in [2.75, 3.05) is 11.9 Å². The Balaban J connectivity index is 2.50. The summed E-state index contributed by atoms with van der Waals surface area (Å²) in [7, 11) is 1.56. The second kappa shape index (κ2) is 6.78. The van der Waals surface area contributed by atoms with Gasteiger partial charge in [-0.2, -0.15) is 4.98 Å². The van der Waals surface area contributed by atoms with Crippen molar-refractivity contribution in [1.82, 2.24) is 19.1 Å². The Labute approximate surface area is 127 Å². The average Bonchev–Trinajstić information content (AvgIpc) is 2.80. The molecule has 3 N–H and O–H groups in total. The van der Waals surface area contributed by atoms with Gasteiger partial charge in [-0.1, -0.05) is 19.8 Å². The molecule has 0 aliphatic heterocycles. The molecule has 22 heavy (non-hydrogen) atoms. The van der Waals surface area contributed by atoms with Crippen molar-refractivity contribution in [1.29, 1.82) is 0 Å². The molecule has 122 valence electrons. The summed E-state index contributed by atoms with van der Waals surface area (Å²) in [5.74, 6) is 0.499. The van der Waals surface area contributed by atoms with Gasteiger partial charge in [-0.05, 0) is 13.3 Å². The van der Waals surface area contributed by atoms with Crippen molar-refractivity contribution in [3.05, 3.63) is 20.8 Å². The number of aromatic amines is 1. The Hall–Kier alpha value is -2.09. The van der Waals surface area contributed by atoms with Crippen LogP contribution < -0.4 is 16.6 Å². The zero-order valence-corrected chi connectivity index (χ0v) is 13.2. The van der Waals surface area contributed by atoms with Gasteiger partial charge in [0.05, 0.1) is 12.6 Å². The molecule has 8 nitrogen and oxygen atoms in total. The van der Waals surface area contributed by atoms with Crippen molar-refractivity contribution in [2.24, 2.45) is 7.05 Å². The molecule has 0 fully saturated rings. The van der Waals surface area contributed by atoms with E-state index in [1.54, 1.807) is 18.5 Å². The lowest BCUT2D eigenvalue weighted by Crippen LogP contribution is -2.29. The van der Waals surface area contributed by atoms with Crippen LogP contribution in [0.5, 0.6) is 0 Å². The number of unbranched alkanes of at least 4 members (excludes halogenated alkanes) is 2. The summed E-state index contributed by atoms with van der Waals surface area (Å²) in [6, 6.07) is 0. The van der Waals surface area contributed by atoms with Gasteiger partial charge >= 0.3 is 5.69 Å². The molecular weight excluding hydrogens is 286 g/mol. The maximum Gasteiger partial charge on any atom is 0.329 e. The first kappa shape index (κ1) is 16.3. The highest BCUT2D eigenvalue weighted by molar-refractivity contribution is 5.74. The van der Waals surface area contributed by atoms with Crippen molar-refractivity contribution < 1.29 is 5.11 Å². The fourth-order valence-electron chi connectivity index (χ4n) is 2.39. The molecule has 8 heteroatoms. The van der Waals surface area contributed by atoms with E-state index < -0.39 is 17.4 Å². The zero-order chi connectivity index (χ0) is 16.3. The van der Waals surface area contributed by atoms with Gasteiger partial charge in [0.15, 0.2) is 11.2 Å². The molecule has 0 aliphatic rings. The van der Waals surface area contributed by atoms with Crippen molar-refractivity contribution in [3.63, 3.8) is 0 Å². The van der Waals surface area contributed by atoms with Gasteiger partial charge in [0, 0.05) is 13.6 Å². The van der Waals surface area contributed by atoms with Crippen molar-refractivity contribution in [2.45, 2.75) is 45.8 Å². The number of aliphatic hydroxyl groups is 1. The third-order valence-corrected chi connectivity index (χ3v) is 3.52. The lowest BCUT2D eigenvalue weighted by atomic mass is 10.2. The third kappa shape index (κ3) is 3.22. The van der Waals surface area contributed by atoms with Gasteiger partial charge in [0.1, 0.15) is 0 Å². The predicted octanol–water partition coefficient (Wildman–Crippen LogP) is 0.406. The first-order chi connectivity index (χ1) is 10.5. The number of hydrogen-bond acceptors (Lipinski definition) is 5. The molecule has 2 rings (SSSR count). The van der Waals surface area contributed by atoms with Crippen LogP contribution in [-0.4, -0.2) is 36.9 Å². The molecule has 2 aromatic heterocycles. The maximum atomic E-state index is 12.1. The first-order valence-electron chi connectivity index (χ1n) is 7.57. The molecule has 1 unspecified atom stereocenters. The van der Waals surface area contributed by atoms with Gasteiger partial charge in [-0.25, -0.2) is 4.79 Å². The SMILES string of the molecule is CCCCCNc1nc2c(c(=O)[nH]c(=O)n2C)n1CC(C)O. The number of rotatable bonds is 7. The molecule has 1 atom stereocenters. The number of nitrogens with one attached hydrogen (secondary N) is 2. The highest BCUT2D eigenvalue weighted by Gasteiger charge is 2.17. The van der Waals surface area contributed by atoms with Crippen LogP contribution in [0.2, 0.25) is 0 Å². The van der Waals surface area contributed by atoms with Crippen LogP contribution in [0.25, 0.3) is 11.2 Å². The fourth-order valence-corrected chi connectivity index (χ4v) is 2.39. The molecule has 0 spiro atoms. The number of H-pyrrole nitrogens is 1. The van der Waals surface area contributed by atoms with Crippen LogP contribution in [0.15, 0.2) is 9.59 Å². The van der Waals surface area contributed by atoms with Crippen LogP contribution in [0, 0.1) is 0 Å². The highest BCUT2D eigenvalue weighted by Crippen LogP contribution is 2.16. The second-order valence-corrected chi connectivity index (χ2v) is 5.52. The molecule has 0 amide bonds. The van der Waals surface area contributed by atoms with Gasteiger partial charge < -0.3 is 15.0 Å². The Morgan fingerprint density at radius 1 is 1.36 bits per heavy atom. The van der Waals surface area contributed by atoms with E-state index in [9.17, 15) is 14.7 Å². The van der Waals surface area contributed by atoms with E-state index in [4.69, 9.17) is 0 Å². The number of aryl methyl sites for hydroxylation is 1. The monoisotopic (exact) mass is 309 g/mol. The van der Waals surface area contributed by atoms with E-state index >= 15 is 0 Å². The Morgan fingerprint density at radius 3 is 2.73 bits per heavy atom. The molecule has 0 aromatic carbocycles. The van der Waals surface area contributed by atoms with Crippen LogP contribution >= 0.6 is 0 Å². The number of nitrogens with zero attached hydrogens (tertiary/aromatic N) is 3. The van der Waals surface area contributed by atoms with E-state index in [1.807, 2.05) is 0 Å². The number of aromatic nitrogens is 4. The molecule has 2 heterocycles. The minimum absolute atomic E-state index is 0.230. The van der Waals surface area contributed by atoms with E-state index in [0.717, 1.165) is 25.8 Å². The Kier molecular flexibility index (Phi) is 5.02. The van der Waals surface area contributed by atoms with E-state index in [0.29, 0.717) is 17.1 Å². The quantitative estimate of drug-likeness (QED) is 0.642. The minimum atomic E-state index is -0.634. The number of fused-ring (bicyclic) bond motifs is 1. The molecule has 0 aliphatic carbocycles. The van der Waals surface area contributed by atoms with Gasteiger partial charge in [-0.15, -0.1) is 0 Å². The normalized spacial score (nSPS) is 12.7. The van der Waals surface area contributed by atoms with Crippen LogP contribution in [0.4, 0.5) is 5.95 Å². The Morgan fingerprint density at radius 2 is 2.09 bits per heavy atom. The van der Waals surface area contributed by atoms with E-state index in [2.05, 4.69) is 22.2 Å². The molecule has 0 saturated carbocycles. The van der Waals surface area contributed by atoms with Gasteiger partial charge in [0.25, 0.3) is 5.56 Å². The largest absolute Gasteiger partial charge is 0.392 e. The number of hydrogen-bond donors (Lipinski definition) is 3.